The number of nitrogens with one attached hydrogen (secondary N) is 2. The second-order valence-corrected chi connectivity index (χ2v) is 5.98. The number of hydrogen-bond acceptors (Lipinski definition) is 5. The first-order valence-corrected chi connectivity index (χ1v) is 8.41. The van der Waals surface area contributed by atoms with Crippen LogP contribution in [0.4, 0.5) is 17.1 Å². The summed E-state index contributed by atoms with van der Waals surface area (Å²) in [6.45, 7) is 1.98. The molecule has 3 aromatic rings. The number of anilines is 3. The maximum absolute atomic E-state index is 12.5. The third kappa shape index (κ3) is 4.55. The summed E-state index contributed by atoms with van der Waals surface area (Å²) in [6.07, 6.45) is 3.19. The first kappa shape index (κ1) is 18.3. The Morgan fingerprint density at radius 1 is 0.889 bits per heavy atom. The lowest BCUT2D eigenvalue weighted by atomic mass is 10.2. The molecule has 6 nitrogen and oxygen atoms in total. The zero-order valence-corrected chi connectivity index (χ0v) is 15.4. The van der Waals surface area contributed by atoms with Gasteiger partial charge in [-0.2, -0.15) is 0 Å². The monoisotopic (exact) mass is 363 g/mol. The largest absolute Gasteiger partial charge is 0.493 e. The molecule has 0 fully saturated rings. The van der Waals surface area contributed by atoms with Crippen LogP contribution in [0.5, 0.6) is 11.5 Å². The van der Waals surface area contributed by atoms with Crippen LogP contribution in [0.2, 0.25) is 0 Å². The second-order valence-electron chi connectivity index (χ2n) is 5.98. The molecule has 3 rings (SSSR count). The molecule has 0 aliphatic carbocycles. The number of aryl methyl sites for hydroxylation is 1. The molecule has 1 heterocycles. The molecule has 2 aromatic carbocycles. The van der Waals surface area contributed by atoms with E-state index in [1.807, 2.05) is 49.4 Å². The number of carbonyl (C=O) groups is 1. The van der Waals surface area contributed by atoms with Gasteiger partial charge in [-0.1, -0.05) is 12.1 Å². The summed E-state index contributed by atoms with van der Waals surface area (Å²) in [5.74, 6) is 1.04. The molecular formula is C21H21N3O3. The molecule has 2 N–H and O–H groups in total. The fraction of sp³-hybridized carbons (Fsp3) is 0.143. The van der Waals surface area contributed by atoms with Crippen molar-refractivity contribution in [2.75, 3.05) is 24.9 Å². The van der Waals surface area contributed by atoms with Gasteiger partial charge in [-0.25, -0.2) is 0 Å². The molecule has 0 saturated heterocycles. The van der Waals surface area contributed by atoms with Gasteiger partial charge in [0.2, 0.25) is 0 Å². The molecule has 0 unspecified atom stereocenters. The first-order chi connectivity index (χ1) is 13.1. The van der Waals surface area contributed by atoms with Gasteiger partial charge in [0.25, 0.3) is 5.91 Å². The van der Waals surface area contributed by atoms with E-state index in [1.54, 1.807) is 26.5 Å². The van der Waals surface area contributed by atoms with E-state index in [1.165, 1.54) is 6.20 Å². The summed E-state index contributed by atoms with van der Waals surface area (Å²) in [4.78, 5) is 16.7. The molecule has 138 valence electrons. The Balaban J connectivity index is 1.76. The Labute approximate surface area is 158 Å². The predicted molar refractivity (Wildman–Crippen MR) is 106 cm³/mol. The molecule has 27 heavy (non-hydrogen) atoms. The summed E-state index contributed by atoms with van der Waals surface area (Å²) in [5.41, 5.74) is 3.78. The first-order valence-electron chi connectivity index (χ1n) is 8.41. The smallest absolute Gasteiger partial charge is 0.257 e. The third-order valence-corrected chi connectivity index (χ3v) is 3.95. The summed E-state index contributed by atoms with van der Waals surface area (Å²) in [7, 11) is 3.17. The quantitative estimate of drug-likeness (QED) is 0.679. The molecule has 0 radical (unpaired) electrons. The van der Waals surface area contributed by atoms with Crippen LogP contribution in [0.3, 0.4) is 0 Å². The van der Waals surface area contributed by atoms with Crippen molar-refractivity contribution in [2.24, 2.45) is 0 Å². The number of methoxy groups -OCH3 is 2. The molecule has 1 amide bonds. The van der Waals surface area contributed by atoms with Crippen molar-refractivity contribution in [3.8, 4) is 11.5 Å². The molecule has 0 spiro atoms. The normalized spacial score (nSPS) is 10.2. The van der Waals surface area contributed by atoms with Crippen molar-refractivity contribution in [3.63, 3.8) is 0 Å². The molecule has 6 heteroatoms. The average Bonchev–Trinajstić information content (AvgIpc) is 2.68. The highest BCUT2D eigenvalue weighted by Crippen LogP contribution is 2.31. The maximum atomic E-state index is 12.5. The van der Waals surface area contributed by atoms with Gasteiger partial charge >= 0.3 is 0 Å². The van der Waals surface area contributed by atoms with E-state index in [2.05, 4.69) is 15.6 Å². The standard InChI is InChI=1S/C21H21N3O3/c1-14-5-4-6-16(9-14)24-21(25)15-10-18(13-22-12-15)23-17-7-8-19(26-2)20(11-17)27-3/h4-13,23H,1-3H3,(H,24,25). The van der Waals surface area contributed by atoms with Crippen molar-refractivity contribution in [1.82, 2.24) is 4.98 Å². The fourth-order valence-corrected chi connectivity index (χ4v) is 2.64. The van der Waals surface area contributed by atoms with Gasteiger partial charge in [-0.15, -0.1) is 0 Å². The van der Waals surface area contributed by atoms with Crippen LogP contribution in [-0.4, -0.2) is 25.1 Å². The van der Waals surface area contributed by atoms with Crippen LogP contribution >= 0.6 is 0 Å². The third-order valence-electron chi connectivity index (χ3n) is 3.95. The highest BCUT2D eigenvalue weighted by molar-refractivity contribution is 6.04. The number of hydrogen-bond donors (Lipinski definition) is 2. The van der Waals surface area contributed by atoms with Crippen LogP contribution in [0.25, 0.3) is 0 Å². The molecule has 0 bridgehead atoms. The highest BCUT2D eigenvalue weighted by Gasteiger charge is 2.09. The SMILES string of the molecule is COc1ccc(Nc2cncc(C(=O)Nc3cccc(C)c3)c2)cc1OC. The predicted octanol–water partition coefficient (Wildman–Crippen LogP) is 4.40. The Kier molecular flexibility index (Phi) is 5.56. The van der Waals surface area contributed by atoms with Gasteiger partial charge < -0.3 is 20.1 Å². The van der Waals surface area contributed by atoms with Crippen molar-refractivity contribution >= 4 is 23.0 Å². The minimum atomic E-state index is -0.218. The molecule has 1 aromatic heterocycles. The van der Waals surface area contributed by atoms with Crippen LogP contribution in [0.1, 0.15) is 15.9 Å². The number of rotatable bonds is 6. The van der Waals surface area contributed by atoms with Gasteiger partial charge in [-0.3, -0.25) is 9.78 Å². The summed E-state index contributed by atoms with van der Waals surface area (Å²) in [5, 5.41) is 6.10. The van der Waals surface area contributed by atoms with E-state index < -0.39 is 0 Å². The molecule has 0 saturated carbocycles. The number of benzene rings is 2. The number of carbonyl (C=O) groups excluding carboxylic acids is 1. The van der Waals surface area contributed by atoms with Crippen molar-refractivity contribution in [3.05, 3.63) is 72.1 Å². The van der Waals surface area contributed by atoms with Crippen molar-refractivity contribution in [2.45, 2.75) is 6.92 Å². The van der Waals surface area contributed by atoms with Gasteiger partial charge in [0.15, 0.2) is 11.5 Å². The van der Waals surface area contributed by atoms with E-state index in [-0.39, 0.29) is 5.91 Å². The Bertz CT molecular complexity index is 957. The Morgan fingerprint density at radius 2 is 1.70 bits per heavy atom. The molecule has 0 atom stereocenters. The van der Waals surface area contributed by atoms with Gasteiger partial charge in [-0.05, 0) is 42.8 Å². The fourth-order valence-electron chi connectivity index (χ4n) is 2.64. The van der Waals surface area contributed by atoms with E-state index in [4.69, 9.17) is 9.47 Å². The van der Waals surface area contributed by atoms with E-state index in [9.17, 15) is 4.79 Å². The molecular weight excluding hydrogens is 342 g/mol. The Morgan fingerprint density at radius 3 is 2.44 bits per heavy atom. The lowest BCUT2D eigenvalue weighted by Crippen LogP contribution is -2.12. The zero-order chi connectivity index (χ0) is 19.2. The van der Waals surface area contributed by atoms with Crippen molar-refractivity contribution in [1.29, 1.82) is 0 Å². The Hall–Kier alpha value is -3.54. The average molecular weight is 363 g/mol. The minimum absolute atomic E-state index is 0.218. The van der Waals surface area contributed by atoms with E-state index in [0.717, 1.165) is 16.9 Å². The van der Waals surface area contributed by atoms with Gasteiger partial charge in [0.05, 0.1) is 31.7 Å². The van der Waals surface area contributed by atoms with Crippen LogP contribution in [0.15, 0.2) is 60.9 Å². The maximum Gasteiger partial charge on any atom is 0.257 e. The number of aromatic nitrogens is 1. The van der Waals surface area contributed by atoms with Crippen LogP contribution in [-0.2, 0) is 0 Å². The number of pyridine rings is 1. The second kappa shape index (κ2) is 8.23. The molecule has 0 aliphatic heterocycles. The zero-order valence-electron chi connectivity index (χ0n) is 15.4. The van der Waals surface area contributed by atoms with Gasteiger partial charge in [0, 0.05) is 23.6 Å². The lowest BCUT2D eigenvalue weighted by Gasteiger charge is -2.12. The van der Waals surface area contributed by atoms with Crippen LogP contribution in [0, 0.1) is 6.92 Å². The number of nitrogens with zero attached hydrogens (tertiary/aromatic N) is 1. The van der Waals surface area contributed by atoms with Crippen LogP contribution < -0.4 is 20.1 Å². The summed E-state index contributed by atoms with van der Waals surface area (Å²) >= 11 is 0. The summed E-state index contributed by atoms with van der Waals surface area (Å²) in [6, 6.07) is 14.9. The number of ether oxygens (including phenoxy) is 2. The van der Waals surface area contributed by atoms with Gasteiger partial charge in [0.1, 0.15) is 0 Å². The number of amides is 1. The topological polar surface area (TPSA) is 72.5 Å². The molecule has 0 aliphatic rings. The highest BCUT2D eigenvalue weighted by atomic mass is 16.5. The lowest BCUT2D eigenvalue weighted by molar-refractivity contribution is 0.102. The minimum Gasteiger partial charge on any atom is -0.493 e. The van der Waals surface area contributed by atoms with Crippen molar-refractivity contribution < 1.29 is 14.3 Å². The van der Waals surface area contributed by atoms with E-state index in [0.29, 0.717) is 22.7 Å². The van der Waals surface area contributed by atoms with E-state index >= 15 is 0 Å². The summed E-state index contributed by atoms with van der Waals surface area (Å²) < 4.78 is 10.5.